The molecule has 0 bridgehead atoms. The molecule has 1 aromatic heterocycles. The maximum Gasteiger partial charge on any atom is 0.239 e. The van der Waals surface area contributed by atoms with Gasteiger partial charge >= 0.3 is 0 Å². The zero-order chi connectivity index (χ0) is 14.7. The number of rotatable bonds is 4. The van der Waals surface area contributed by atoms with Gasteiger partial charge in [0.05, 0.1) is 31.9 Å². The minimum absolute atomic E-state index is 0.176. The van der Waals surface area contributed by atoms with Crippen LogP contribution < -0.4 is 20.7 Å². The van der Waals surface area contributed by atoms with E-state index >= 15 is 0 Å². The quantitative estimate of drug-likeness (QED) is 0.811. The number of nitrogens with one attached hydrogen (secondary N) is 1. The van der Waals surface area contributed by atoms with Gasteiger partial charge in [-0.15, -0.1) is 0 Å². The summed E-state index contributed by atoms with van der Waals surface area (Å²) in [7, 11) is 5.28. The van der Waals surface area contributed by atoms with Crippen molar-refractivity contribution in [3.63, 3.8) is 0 Å². The van der Waals surface area contributed by atoms with Gasteiger partial charge in [0, 0.05) is 26.3 Å². The normalized spacial score (nSPS) is 21.6. The number of aromatic nitrogens is 1. The molecule has 1 aromatic rings. The molecule has 1 amide bonds. The highest BCUT2D eigenvalue weighted by atomic mass is 16.5. The van der Waals surface area contributed by atoms with Gasteiger partial charge in [0.25, 0.3) is 0 Å². The Kier molecular flexibility index (Phi) is 4.41. The van der Waals surface area contributed by atoms with Gasteiger partial charge in [0.2, 0.25) is 11.8 Å². The molecule has 20 heavy (non-hydrogen) atoms. The van der Waals surface area contributed by atoms with Crippen LogP contribution in [0.2, 0.25) is 0 Å². The zero-order valence-electron chi connectivity index (χ0n) is 11.9. The molecule has 2 rings (SSSR count). The van der Waals surface area contributed by atoms with Crippen LogP contribution in [0.3, 0.4) is 0 Å². The van der Waals surface area contributed by atoms with Crippen LogP contribution in [0.15, 0.2) is 12.3 Å². The van der Waals surface area contributed by atoms with Crippen molar-refractivity contribution in [1.29, 1.82) is 0 Å². The minimum Gasteiger partial charge on any atom is -0.479 e. The van der Waals surface area contributed by atoms with Crippen molar-refractivity contribution in [1.82, 2.24) is 4.98 Å². The van der Waals surface area contributed by atoms with E-state index in [0.29, 0.717) is 24.8 Å². The third kappa shape index (κ3) is 2.83. The van der Waals surface area contributed by atoms with Gasteiger partial charge in [-0.2, -0.15) is 0 Å². The summed E-state index contributed by atoms with van der Waals surface area (Å²) in [5, 5.41) is 2.86. The number of ether oxygens (including phenoxy) is 2. The lowest BCUT2D eigenvalue weighted by Crippen LogP contribution is -2.37. The molecular weight excluding hydrogens is 260 g/mol. The number of anilines is 2. The number of nitrogens with zero attached hydrogens (tertiary/aromatic N) is 2. The summed E-state index contributed by atoms with van der Waals surface area (Å²) < 4.78 is 10.4. The van der Waals surface area contributed by atoms with Crippen LogP contribution in [-0.4, -0.2) is 51.4 Å². The second kappa shape index (κ2) is 6.06. The summed E-state index contributed by atoms with van der Waals surface area (Å²) in [5.74, 6) is -0.156. The van der Waals surface area contributed by atoms with Crippen molar-refractivity contribution in [3.05, 3.63) is 12.3 Å². The highest BCUT2D eigenvalue weighted by Gasteiger charge is 2.32. The average Bonchev–Trinajstić information content (AvgIpc) is 2.85. The van der Waals surface area contributed by atoms with E-state index in [-0.39, 0.29) is 17.9 Å². The van der Waals surface area contributed by atoms with Gasteiger partial charge in [0.15, 0.2) is 0 Å². The first-order chi connectivity index (χ1) is 9.54. The first-order valence-electron chi connectivity index (χ1n) is 6.39. The highest BCUT2D eigenvalue weighted by Crippen LogP contribution is 2.32. The van der Waals surface area contributed by atoms with Gasteiger partial charge in [-0.05, 0) is 6.07 Å². The third-order valence-corrected chi connectivity index (χ3v) is 3.28. The molecule has 7 heteroatoms. The van der Waals surface area contributed by atoms with Crippen molar-refractivity contribution in [2.75, 3.05) is 44.6 Å². The molecule has 0 saturated carbocycles. The van der Waals surface area contributed by atoms with Crippen LogP contribution in [0.4, 0.5) is 11.4 Å². The smallest absolute Gasteiger partial charge is 0.239 e. The maximum atomic E-state index is 12.3. The zero-order valence-corrected chi connectivity index (χ0v) is 11.9. The highest BCUT2D eigenvalue weighted by molar-refractivity contribution is 5.97. The largest absolute Gasteiger partial charge is 0.479 e. The van der Waals surface area contributed by atoms with Gasteiger partial charge in [0.1, 0.15) is 5.69 Å². The monoisotopic (exact) mass is 280 g/mol. The van der Waals surface area contributed by atoms with E-state index in [1.54, 1.807) is 6.20 Å². The van der Waals surface area contributed by atoms with E-state index in [0.717, 1.165) is 5.69 Å². The molecule has 0 aliphatic carbocycles. The first-order valence-corrected chi connectivity index (χ1v) is 6.39. The van der Waals surface area contributed by atoms with Crippen molar-refractivity contribution in [3.8, 4) is 5.88 Å². The Bertz CT molecular complexity index is 493. The Balaban J connectivity index is 2.25. The molecule has 2 heterocycles. The number of carbonyl (C=O) groups is 1. The van der Waals surface area contributed by atoms with Crippen LogP contribution in [0.1, 0.15) is 0 Å². The molecule has 7 nitrogen and oxygen atoms in total. The molecule has 1 aliphatic rings. The van der Waals surface area contributed by atoms with Crippen molar-refractivity contribution in [2.45, 2.75) is 6.04 Å². The molecule has 0 spiro atoms. The second-order valence-corrected chi connectivity index (χ2v) is 4.91. The third-order valence-electron chi connectivity index (χ3n) is 3.28. The molecule has 2 unspecified atom stereocenters. The van der Waals surface area contributed by atoms with E-state index in [4.69, 9.17) is 15.2 Å². The van der Waals surface area contributed by atoms with Crippen LogP contribution >= 0.6 is 0 Å². The van der Waals surface area contributed by atoms with E-state index in [1.165, 1.54) is 7.11 Å². The van der Waals surface area contributed by atoms with E-state index in [1.807, 2.05) is 25.1 Å². The Morgan fingerprint density at radius 3 is 2.85 bits per heavy atom. The summed E-state index contributed by atoms with van der Waals surface area (Å²) >= 11 is 0. The Morgan fingerprint density at radius 2 is 2.30 bits per heavy atom. The lowest BCUT2D eigenvalue weighted by Gasteiger charge is -2.21. The molecular formula is C13H20N4O3. The predicted molar refractivity (Wildman–Crippen MR) is 76.0 cm³/mol. The van der Waals surface area contributed by atoms with Gasteiger partial charge < -0.3 is 25.4 Å². The standard InChI is InChI=1S/C13H20N4O3/c1-17(2)10-4-5-15-13(19-3)11(10)16-12(18)8-6-20-7-9(8)14/h4-5,8-9H,6-7,14H2,1-3H3,(H,16,18). The molecule has 1 saturated heterocycles. The molecule has 0 aromatic carbocycles. The number of hydrogen-bond donors (Lipinski definition) is 2. The van der Waals surface area contributed by atoms with Gasteiger partial charge in [-0.25, -0.2) is 4.98 Å². The summed E-state index contributed by atoms with van der Waals surface area (Å²) in [5.41, 5.74) is 7.22. The molecule has 1 fully saturated rings. The van der Waals surface area contributed by atoms with Crippen molar-refractivity contribution in [2.24, 2.45) is 11.7 Å². The molecule has 0 radical (unpaired) electrons. The number of methoxy groups -OCH3 is 1. The molecule has 3 N–H and O–H groups in total. The Hall–Kier alpha value is -1.86. The van der Waals surface area contributed by atoms with Gasteiger partial charge in [-0.3, -0.25) is 4.79 Å². The Labute approximate surface area is 118 Å². The number of nitrogens with two attached hydrogens (primary N) is 1. The van der Waals surface area contributed by atoms with Crippen LogP contribution in [-0.2, 0) is 9.53 Å². The van der Waals surface area contributed by atoms with Crippen molar-refractivity contribution < 1.29 is 14.3 Å². The Morgan fingerprint density at radius 1 is 1.55 bits per heavy atom. The fourth-order valence-corrected chi connectivity index (χ4v) is 2.13. The minimum atomic E-state index is -0.352. The second-order valence-electron chi connectivity index (χ2n) is 4.91. The number of carbonyl (C=O) groups excluding carboxylic acids is 1. The topological polar surface area (TPSA) is 89.7 Å². The van der Waals surface area contributed by atoms with E-state index < -0.39 is 0 Å². The lowest BCUT2D eigenvalue weighted by atomic mass is 10.0. The lowest BCUT2D eigenvalue weighted by molar-refractivity contribution is -0.120. The number of pyridine rings is 1. The molecule has 2 atom stereocenters. The van der Waals surface area contributed by atoms with Crippen LogP contribution in [0.5, 0.6) is 5.88 Å². The average molecular weight is 280 g/mol. The van der Waals surface area contributed by atoms with Crippen LogP contribution in [0, 0.1) is 5.92 Å². The van der Waals surface area contributed by atoms with E-state index in [9.17, 15) is 4.79 Å². The number of amides is 1. The summed E-state index contributed by atoms with van der Waals surface area (Å²) in [6.45, 7) is 0.746. The van der Waals surface area contributed by atoms with E-state index in [2.05, 4.69) is 10.3 Å². The molecule has 110 valence electrons. The predicted octanol–water partition coefficient (Wildman–Crippen LogP) is 0.0684. The summed E-state index contributed by atoms with van der Waals surface area (Å²) in [6.07, 6.45) is 1.63. The SMILES string of the molecule is COc1nccc(N(C)C)c1NC(=O)C1COCC1N. The summed E-state index contributed by atoms with van der Waals surface area (Å²) in [4.78, 5) is 18.3. The fourth-order valence-electron chi connectivity index (χ4n) is 2.13. The summed E-state index contributed by atoms with van der Waals surface area (Å²) in [6, 6.07) is 1.53. The number of hydrogen-bond acceptors (Lipinski definition) is 6. The maximum absolute atomic E-state index is 12.3. The first kappa shape index (κ1) is 14.5. The molecule has 1 aliphatic heterocycles. The van der Waals surface area contributed by atoms with Gasteiger partial charge in [-0.1, -0.05) is 0 Å². The van der Waals surface area contributed by atoms with Crippen molar-refractivity contribution >= 4 is 17.3 Å². The fraction of sp³-hybridized carbons (Fsp3) is 0.538. The van der Waals surface area contributed by atoms with Crippen LogP contribution in [0.25, 0.3) is 0 Å².